The van der Waals surface area contributed by atoms with Gasteiger partial charge in [-0.05, 0) is 17.7 Å². The van der Waals surface area contributed by atoms with Crippen LogP contribution in [0.15, 0.2) is 60.7 Å². The van der Waals surface area contributed by atoms with Crippen molar-refractivity contribution in [2.45, 2.75) is 0 Å². The Labute approximate surface area is 148 Å². The average molecular weight is 355 g/mol. The quantitative estimate of drug-likeness (QED) is 0.516. The lowest BCUT2D eigenvalue weighted by Gasteiger charge is -2.08. The molecule has 2 N–H and O–H groups in total. The third-order valence-corrected chi connectivity index (χ3v) is 4.56. The van der Waals surface area contributed by atoms with E-state index >= 15 is 0 Å². The molecular formula is C18H12Cl2N4. The number of hydrogen-bond acceptors (Lipinski definition) is 3. The molecule has 0 aliphatic heterocycles. The van der Waals surface area contributed by atoms with Gasteiger partial charge in [-0.25, -0.2) is 9.67 Å². The van der Waals surface area contributed by atoms with E-state index in [1.165, 1.54) is 0 Å². The molecule has 0 spiro atoms. The summed E-state index contributed by atoms with van der Waals surface area (Å²) >= 11 is 12.7. The molecule has 0 saturated carbocycles. The number of pyridine rings is 1. The van der Waals surface area contributed by atoms with Crippen LogP contribution >= 0.6 is 23.2 Å². The predicted octanol–water partition coefficient (Wildman–Crippen LogP) is 4.98. The summed E-state index contributed by atoms with van der Waals surface area (Å²) in [6.45, 7) is 0. The van der Waals surface area contributed by atoms with Crippen molar-refractivity contribution in [3.8, 4) is 16.8 Å². The molecule has 0 unspecified atom stereocenters. The number of anilines is 1. The Morgan fingerprint density at radius 1 is 0.875 bits per heavy atom. The van der Waals surface area contributed by atoms with E-state index in [4.69, 9.17) is 28.9 Å². The summed E-state index contributed by atoms with van der Waals surface area (Å²) in [7, 11) is 0. The smallest absolute Gasteiger partial charge is 0.185 e. The summed E-state index contributed by atoms with van der Waals surface area (Å²) in [6, 6.07) is 19.3. The first-order valence-electron chi connectivity index (χ1n) is 7.31. The number of aromatic nitrogens is 3. The molecule has 0 bridgehead atoms. The number of halogens is 2. The van der Waals surface area contributed by atoms with Gasteiger partial charge in [-0.15, -0.1) is 5.10 Å². The summed E-state index contributed by atoms with van der Waals surface area (Å²) < 4.78 is 1.65. The number of hydrogen-bond donors (Lipinski definition) is 1. The van der Waals surface area contributed by atoms with Crippen molar-refractivity contribution in [3.05, 3.63) is 70.8 Å². The van der Waals surface area contributed by atoms with Gasteiger partial charge in [0.15, 0.2) is 10.8 Å². The lowest BCUT2D eigenvalue weighted by atomic mass is 10.0. The minimum absolute atomic E-state index is 0.209. The monoisotopic (exact) mass is 354 g/mol. The summed E-state index contributed by atoms with van der Waals surface area (Å²) in [4.78, 5) is 4.29. The number of nitrogens with two attached hydrogens (primary N) is 1. The van der Waals surface area contributed by atoms with Crippen molar-refractivity contribution in [1.29, 1.82) is 0 Å². The molecule has 4 nitrogen and oxygen atoms in total. The molecule has 6 heteroatoms. The zero-order chi connectivity index (χ0) is 16.7. The maximum Gasteiger partial charge on any atom is 0.185 e. The van der Waals surface area contributed by atoms with Crippen molar-refractivity contribution >= 4 is 40.1 Å². The lowest BCUT2D eigenvalue weighted by molar-refractivity contribution is 0.900. The highest BCUT2D eigenvalue weighted by Crippen LogP contribution is 2.40. The Kier molecular flexibility index (Phi) is 3.63. The second-order valence-electron chi connectivity index (χ2n) is 5.29. The molecule has 4 rings (SSSR count). The molecule has 24 heavy (non-hydrogen) atoms. The fourth-order valence-corrected chi connectivity index (χ4v) is 3.15. The molecule has 0 saturated heterocycles. The Balaban J connectivity index is 2.09. The lowest BCUT2D eigenvalue weighted by Crippen LogP contribution is -2.01. The normalized spacial score (nSPS) is 11.1. The molecule has 2 aromatic carbocycles. The minimum Gasteiger partial charge on any atom is -0.383 e. The van der Waals surface area contributed by atoms with Crippen molar-refractivity contribution in [1.82, 2.24) is 14.8 Å². The van der Waals surface area contributed by atoms with Crippen LogP contribution in [0.5, 0.6) is 0 Å². The highest BCUT2D eigenvalue weighted by atomic mass is 35.5. The molecule has 0 radical (unpaired) electrons. The van der Waals surface area contributed by atoms with E-state index in [2.05, 4.69) is 10.1 Å². The van der Waals surface area contributed by atoms with Gasteiger partial charge >= 0.3 is 0 Å². The maximum absolute atomic E-state index is 6.45. The summed E-state index contributed by atoms with van der Waals surface area (Å²) in [5.74, 6) is 0.473. The second-order valence-corrected chi connectivity index (χ2v) is 6.02. The molecule has 0 amide bonds. The van der Waals surface area contributed by atoms with Crippen molar-refractivity contribution in [3.63, 3.8) is 0 Å². The van der Waals surface area contributed by atoms with Gasteiger partial charge in [0.25, 0.3) is 0 Å². The van der Waals surface area contributed by atoms with E-state index in [1.807, 2.05) is 60.7 Å². The van der Waals surface area contributed by atoms with Crippen LogP contribution in [0, 0.1) is 0 Å². The molecule has 4 aromatic rings. The first-order valence-corrected chi connectivity index (χ1v) is 8.06. The van der Waals surface area contributed by atoms with Gasteiger partial charge in [0.05, 0.1) is 16.1 Å². The van der Waals surface area contributed by atoms with Crippen LogP contribution in [0.1, 0.15) is 0 Å². The first-order chi connectivity index (χ1) is 11.7. The Morgan fingerprint density at radius 3 is 2.17 bits per heavy atom. The number of nitrogens with zero attached hydrogens (tertiary/aromatic N) is 3. The molecule has 2 heterocycles. The SMILES string of the molecule is Nc1c2c(-c3ccccc3)c(Cl)c(Cl)nc2nn1-c1ccccc1. The van der Waals surface area contributed by atoms with Gasteiger partial charge in [-0.1, -0.05) is 71.7 Å². The molecule has 0 aliphatic carbocycles. The van der Waals surface area contributed by atoms with E-state index in [1.54, 1.807) is 4.68 Å². The predicted molar refractivity (Wildman–Crippen MR) is 98.7 cm³/mol. The van der Waals surface area contributed by atoms with Crippen molar-refractivity contribution in [2.75, 3.05) is 5.73 Å². The fraction of sp³-hybridized carbons (Fsp3) is 0. The molecule has 2 aromatic heterocycles. The topological polar surface area (TPSA) is 56.7 Å². The van der Waals surface area contributed by atoms with Gasteiger partial charge in [0, 0.05) is 5.56 Å². The number of nitrogen functional groups attached to an aromatic ring is 1. The van der Waals surface area contributed by atoms with Crippen LogP contribution in [-0.2, 0) is 0 Å². The van der Waals surface area contributed by atoms with E-state index < -0.39 is 0 Å². The van der Waals surface area contributed by atoms with E-state index in [0.29, 0.717) is 21.9 Å². The number of fused-ring (bicyclic) bond motifs is 1. The summed E-state index contributed by atoms with van der Waals surface area (Å²) in [5.41, 5.74) is 9.35. The summed E-state index contributed by atoms with van der Waals surface area (Å²) in [5, 5.41) is 5.78. The van der Waals surface area contributed by atoms with Crippen LogP contribution in [0.2, 0.25) is 10.2 Å². The molecule has 0 fully saturated rings. The average Bonchev–Trinajstić information content (AvgIpc) is 2.94. The minimum atomic E-state index is 0.209. The Hall–Kier alpha value is -2.56. The van der Waals surface area contributed by atoms with Crippen molar-refractivity contribution in [2.24, 2.45) is 0 Å². The number of para-hydroxylation sites is 1. The fourth-order valence-electron chi connectivity index (χ4n) is 2.73. The summed E-state index contributed by atoms with van der Waals surface area (Å²) in [6.07, 6.45) is 0. The van der Waals surface area contributed by atoms with Crippen LogP contribution in [0.25, 0.3) is 27.8 Å². The van der Waals surface area contributed by atoms with Gasteiger partial charge < -0.3 is 5.73 Å². The zero-order valence-corrected chi connectivity index (χ0v) is 14.0. The molecule has 118 valence electrons. The molecule has 0 atom stereocenters. The first kappa shape index (κ1) is 15.0. The van der Waals surface area contributed by atoms with Crippen LogP contribution in [-0.4, -0.2) is 14.8 Å². The van der Waals surface area contributed by atoms with Crippen molar-refractivity contribution < 1.29 is 0 Å². The van der Waals surface area contributed by atoms with Gasteiger partial charge in [-0.2, -0.15) is 0 Å². The third kappa shape index (κ3) is 2.31. The number of benzene rings is 2. The third-order valence-electron chi connectivity index (χ3n) is 3.82. The van der Waals surface area contributed by atoms with Gasteiger partial charge in [0.1, 0.15) is 5.82 Å². The van der Waals surface area contributed by atoms with Crippen LogP contribution < -0.4 is 5.73 Å². The zero-order valence-electron chi connectivity index (χ0n) is 12.4. The van der Waals surface area contributed by atoms with Gasteiger partial charge in [0.2, 0.25) is 0 Å². The van der Waals surface area contributed by atoms with Gasteiger partial charge in [-0.3, -0.25) is 0 Å². The Bertz CT molecular complexity index is 1030. The highest BCUT2D eigenvalue weighted by Gasteiger charge is 2.21. The largest absolute Gasteiger partial charge is 0.383 e. The Morgan fingerprint density at radius 2 is 1.50 bits per heavy atom. The molecular weight excluding hydrogens is 343 g/mol. The standard InChI is InChI=1S/C18H12Cl2N4/c19-15-13(11-7-3-1-4-8-11)14-17(21)24(12-9-5-2-6-10-12)23-18(14)22-16(15)20/h1-10H,21H2. The van der Waals surface area contributed by atoms with E-state index in [-0.39, 0.29) is 5.15 Å². The molecule has 0 aliphatic rings. The van der Waals surface area contributed by atoms with Crippen LogP contribution in [0.3, 0.4) is 0 Å². The second kappa shape index (κ2) is 5.82. The maximum atomic E-state index is 6.45. The van der Waals surface area contributed by atoms with E-state index in [0.717, 1.165) is 16.8 Å². The number of rotatable bonds is 2. The van der Waals surface area contributed by atoms with Crippen LogP contribution in [0.4, 0.5) is 5.82 Å². The highest BCUT2D eigenvalue weighted by molar-refractivity contribution is 6.44. The van der Waals surface area contributed by atoms with E-state index in [9.17, 15) is 0 Å².